The van der Waals surface area contributed by atoms with E-state index < -0.39 is 0 Å². The molecular weight excluding hydrogens is 297 g/mol. The highest BCUT2D eigenvalue weighted by molar-refractivity contribution is 9.10. The summed E-state index contributed by atoms with van der Waals surface area (Å²) in [7, 11) is 0. The minimum atomic E-state index is -0.330. The van der Waals surface area contributed by atoms with Crippen LogP contribution < -0.4 is 0 Å². The number of hydrogen-bond acceptors (Lipinski definition) is 2. The molecule has 2 aromatic rings. The van der Waals surface area contributed by atoms with E-state index in [2.05, 4.69) is 20.9 Å². The lowest BCUT2D eigenvalue weighted by Crippen LogP contribution is -2.04. The Kier molecular flexibility index (Phi) is 3.87. The zero-order chi connectivity index (χ0) is 13.1. The monoisotopic (exact) mass is 307 g/mol. The van der Waals surface area contributed by atoms with E-state index >= 15 is 0 Å². The van der Waals surface area contributed by atoms with Gasteiger partial charge in [0.25, 0.3) is 0 Å². The Labute approximate surface area is 113 Å². The summed E-state index contributed by atoms with van der Waals surface area (Å²) in [5.41, 5.74) is 2.21. The Morgan fingerprint density at radius 1 is 1.33 bits per heavy atom. The van der Waals surface area contributed by atoms with Crippen molar-refractivity contribution in [2.45, 2.75) is 13.3 Å². The lowest BCUT2D eigenvalue weighted by Gasteiger charge is -2.03. The molecule has 4 heteroatoms. The van der Waals surface area contributed by atoms with Gasteiger partial charge in [-0.3, -0.25) is 9.78 Å². The molecule has 0 aliphatic heterocycles. The standard InChI is InChI=1S/C14H11BrFNO/c1-9-2-4-11(8-17-9)14(18)7-10-3-5-13(16)12(15)6-10/h2-6,8H,7H2,1H3. The Balaban J connectivity index is 2.16. The van der Waals surface area contributed by atoms with Crippen LogP contribution in [0.1, 0.15) is 21.6 Å². The Morgan fingerprint density at radius 2 is 2.11 bits per heavy atom. The second-order valence-corrected chi connectivity index (χ2v) is 4.89. The summed E-state index contributed by atoms with van der Waals surface area (Å²) in [6.07, 6.45) is 1.81. The van der Waals surface area contributed by atoms with Gasteiger partial charge in [0, 0.05) is 23.9 Å². The van der Waals surface area contributed by atoms with Gasteiger partial charge in [0.05, 0.1) is 4.47 Å². The first-order valence-corrected chi connectivity index (χ1v) is 6.25. The number of pyridine rings is 1. The maximum absolute atomic E-state index is 13.1. The summed E-state index contributed by atoms with van der Waals surface area (Å²) in [4.78, 5) is 16.1. The van der Waals surface area contributed by atoms with Gasteiger partial charge in [-0.1, -0.05) is 6.07 Å². The summed E-state index contributed by atoms with van der Waals surface area (Å²) in [6.45, 7) is 1.87. The number of benzene rings is 1. The number of ketones is 1. The third-order valence-corrected chi connectivity index (χ3v) is 3.19. The first kappa shape index (κ1) is 12.9. The van der Waals surface area contributed by atoms with Crippen molar-refractivity contribution in [1.82, 2.24) is 4.98 Å². The van der Waals surface area contributed by atoms with Crippen molar-refractivity contribution in [3.05, 3.63) is 63.6 Å². The third kappa shape index (κ3) is 3.01. The normalized spacial score (nSPS) is 10.4. The zero-order valence-electron chi connectivity index (χ0n) is 9.78. The molecule has 0 aliphatic carbocycles. The Bertz CT molecular complexity index is 581. The lowest BCUT2D eigenvalue weighted by molar-refractivity contribution is 0.0992. The van der Waals surface area contributed by atoms with Crippen LogP contribution >= 0.6 is 15.9 Å². The number of aromatic nitrogens is 1. The van der Waals surface area contributed by atoms with Gasteiger partial charge in [-0.15, -0.1) is 0 Å². The molecule has 0 bridgehead atoms. The van der Waals surface area contributed by atoms with E-state index in [0.29, 0.717) is 10.0 Å². The molecule has 0 fully saturated rings. The molecule has 1 heterocycles. The quantitative estimate of drug-likeness (QED) is 0.809. The van der Waals surface area contributed by atoms with E-state index in [1.807, 2.05) is 6.92 Å². The fourth-order valence-corrected chi connectivity index (χ4v) is 2.00. The number of hydrogen-bond donors (Lipinski definition) is 0. The smallest absolute Gasteiger partial charge is 0.168 e. The fraction of sp³-hybridized carbons (Fsp3) is 0.143. The second kappa shape index (κ2) is 5.40. The molecule has 0 N–H and O–H groups in total. The van der Waals surface area contributed by atoms with Crippen molar-refractivity contribution in [2.24, 2.45) is 0 Å². The molecule has 0 aliphatic rings. The maximum atomic E-state index is 13.1. The molecule has 0 unspecified atom stereocenters. The average molecular weight is 308 g/mol. The number of Topliss-reactive ketones (excluding diaryl/α,β-unsaturated/α-hetero) is 1. The fourth-order valence-electron chi connectivity index (χ4n) is 1.57. The van der Waals surface area contributed by atoms with Crippen LogP contribution in [0.3, 0.4) is 0 Å². The molecular formula is C14H11BrFNO. The van der Waals surface area contributed by atoms with Crippen LogP contribution in [0.2, 0.25) is 0 Å². The van der Waals surface area contributed by atoms with Crippen molar-refractivity contribution in [3.63, 3.8) is 0 Å². The Morgan fingerprint density at radius 3 is 2.72 bits per heavy atom. The molecule has 0 saturated heterocycles. The van der Waals surface area contributed by atoms with Crippen molar-refractivity contribution in [2.75, 3.05) is 0 Å². The van der Waals surface area contributed by atoms with Gasteiger partial charge in [0.2, 0.25) is 0 Å². The van der Waals surface area contributed by atoms with Gasteiger partial charge < -0.3 is 0 Å². The van der Waals surface area contributed by atoms with Crippen LogP contribution in [0.5, 0.6) is 0 Å². The number of nitrogens with zero attached hydrogens (tertiary/aromatic N) is 1. The first-order valence-electron chi connectivity index (χ1n) is 5.46. The van der Waals surface area contributed by atoms with Crippen LogP contribution in [-0.2, 0) is 6.42 Å². The van der Waals surface area contributed by atoms with Crippen LogP contribution in [0.4, 0.5) is 4.39 Å². The average Bonchev–Trinajstić information content (AvgIpc) is 2.34. The van der Waals surface area contributed by atoms with Crippen molar-refractivity contribution in [1.29, 1.82) is 0 Å². The molecule has 0 spiro atoms. The molecule has 0 atom stereocenters. The molecule has 2 nitrogen and oxygen atoms in total. The molecule has 1 aromatic heterocycles. The summed E-state index contributed by atoms with van der Waals surface area (Å²) in [5, 5.41) is 0. The SMILES string of the molecule is Cc1ccc(C(=O)Cc2ccc(F)c(Br)c2)cn1. The topological polar surface area (TPSA) is 30.0 Å². The van der Waals surface area contributed by atoms with Crippen LogP contribution in [0, 0.1) is 12.7 Å². The van der Waals surface area contributed by atoms with Crippen LogP contribution in [0.15, 0.2) is 41.0 Å². The predicted molar refractivity (Wildman–Crippen MR) is 71.1 cm³/mol. The van der Waals surface area contributed by atoms with E-state index in [1.165, 1.54) is 6.07 Å². The Hall–Kier alpha value is -1.55. The number of aryl methyl sites for hydroxylation is 1. The molecule has 0 radical (unpaired) electrons. The number of carbonyl (C=O) groups is 1. The highest BCUT2D eigenvalue weighted by Crippen LogP contribution is 2.18. The number of halogens is 2. The van der Waals surface area contributed by atoms with E-state index in [9.17, 15) is 9.18 Å². The number of rotatable bonds is 3. The molecule has 1 aromatic carbocycles. The van der Waals surface area contributed by atoms with E-state index in [1.54, 1.807) is 30.5 Å². The highest BCUT2D eigenvalue weighted by atomic mass is 79.9. The first-order chi connectivity index (χ1) is 8.56. The van der Waals surface area contributed by atoms with Gasteiger partial charge in [-0.25, -0.2) is 4.39 Å². The second-order valence-electron chi connectivity index (χ2n) is 4.04. The van der Waals surface area contributed by atoms with Crippen LogP contribution in [0.25, 0.3) is 0 Å². The van der Waals surface area contributed by atoms with Crippen molar-refractivity contribution in [3.8, 4) is 0 Å². The van der Waals surface area contributed by atoms with E-state index in [4.69, 9.17) is 0 Å². The third-order valence-electron chi connectivity index (χ3n) is 2.58. The van der Waals surface area contributed by atoms with E-state index in [-0.39, 0.29) is 18.0 Å². The summed E-state index contributed by atoms with van der Waals surface area (Å²) in [5.74, 6) is -0.357. The zero-order valence-corrected chi connectivity index (χ0v) is 11.4. The van der Waals surface area contributed by atoms with Gasteiger partial charge in [0.15, 0.2) is 5.78 Å². The minimum Gasteiger partial charge on any atom is -0.294 e. The van der Waals surface area contributed by atoms with Gasteiger partial charge in [-0.2, -0.15) is 0 Å². The molecule has 18 heavy (non-hydrogen) atoms. The van der Waals surface area contributed by atoms with Gasteiger partial charge in [-0.05, 0) is 52.7 Å². The van der Waals surface area contributed by atoms with E-state index in [0.717, 1.165) is 11.3 Å². The van der Waals surface area contributed by atoms with Crippen molar-refractivity contribution >= 4 is 21.7 Å². The predicted octanol–water partition coefficient (Wildman–Crippen LogP) is 3.72. The van der Waals surface area contributed by atoms with Gasteiger partial charge in [0.1, 0.15) is 5.82 Å². The van der Waals surface area contributed by atoms with Crippen molar-refractivity contribution < 1.29 is 9.18 Å². The summed E-state index contributed by atoms with van der Waals surface area (Å²) >= 11 is 3.10. The molecule has 0 amide bonds. The minimum absolute atomic E-state index is 0.0268. The summed E-state index contributed by atoms with van der Waals surface area (Å²) in [6, 6.07) is 8.13. The molecule has 2 rings (SSSR count). The molecule has 92 valence electrons. The van der Waals surface area contributed by atoms with Gasteiger partial charge >= 0.3 is 0 Å². The highest BCUT2D eigenvalue weighted by Gasteiger charge is 2.09. The van der Waals surface area contributed by atoms with Crippen LogP contribution in [-0.4, -0.2) is 10.8 Å². The number of carbonyl (C=O) groups excluding carboxylic acids is 1. The maximum Gasteiger partial charge on any atom is 0.168 e. The molecule has 0 saturated carbocycles. The lowest BCUT2D eigenvalue weighted by atomic mass is 10.0. The largest absolute Gasteiger partial charge is 0.294 e. The summed E-state index contributed by atoms with van der Waals surface area (Å²) < 4.78 is 13.4.